The Hall–Kier alpha value is 0.810. The maximum Gasteiger partial charge on any atom is 0.0916 e. The van der Waals surface area contributed by atoms with Gasteiger partial charge in [0.25, 0.3) is 0 Å². The molecular weight excluding hydrogens is 265 g/mol. The van der Waals surface area contributed by atoms with E-state index < -0.39 is 0 Å². The first kappa shape index (κ1) is 16.8. The zero-order valence-electron chi connectivity index (χ0n) is 10.9. The van der Waals surface area contributed by atoms with Crippen molar-refractivity contribution in [3.8, 4) is 0 Å². The number of likely N-dealkylation sites (N-methyl/N-ethyl adjacent to an activating group) is 1. The van der Waals surface area contributed by atoms with E-state index in [9.17, 15) is 0 Å². The third-order valence-electron chi connectivity index (χ3n) is 2.26. The molecule has 0 aliphatic rings. The maximum atomic E-state index is 5.74. The average Bonchev–Trinajstić information content (AvgIpc) is 2.09. The Morgan fingerprint density at radius 3 is 2.25 bits per heavy atom. The van der Waals surface area contributed by atoms with Crippen LogP contribution < -0.4 is 4.72 Å². The van der Waals surface area contributed by atoms with Gasteiger partial charge in [0.2, 0.25) is 0 Å². The third-order valence-corrected chi connectivity index (χ3v) is 3.99. The van der Waals surface area contributed by atoms with Crippen LogP contribution in [0.4, 0.5) is 0 Å². The quantitative estimate of drug-likeness (QED) is 0.320. The SMILES string of the molecule is CC(C)(CCSNCC[N+](C)(C)C)N(Cl)Cl. The molecule has 0 fully saturated rings. The maximum absolute atomic E-state index is 5.74. The fourth-order valence-electron chi connectivity index (χ4n) is 0.911. The topological polar surface area (TPSA) is 15.3 Å². The Bertz CT molecular complexity index is 193. The molecule has 98 valence electrons. The molecule has 0 bridgehead atoms. The minimum Gasteiger partial charge on any atom is -0.330 e. The molecule has 0 aromatic carbocycles. The van der Waals surface area contributed by atoms with Crippen LogP contribution in [0.2, 0.25) is 0 Å². The van der Waals surface area contributed by atoms with Gasteiger partial charge < -0.3 is 4.48 Å². The van der Waals surface area contributed by atoms with Crippen molar-refractivity contribution < 1.29 is 4.48 Å². The number of hydrogen-bond acceptors (Lipinski definition) is 3. The summed E-state index contributed by atoms with van der Waals surface area (Å²) in [7, 11) is 6.57. The van der Waals surface area contributed by atoms with Crippen molar-refractivity contribution >= 4 is 35.5 Å². The van der Waals surface area contributed by atoms with Gasteiger partial charge in [0, 0.05) is 11.3 Å². The Morgan fingerprint density at radius 2 is 1.81 bits per heavy atom. The second kappa shape index (κ2) is 7.29. The van der Waals surface area contributed by atoms with Crippen molar-refractivity contribution in [2.45, 2.75) is 25.8 Å². The van der Waals surface area contributed by atoms with Gasteiger partial charge in [-0.1, -0.05) is 11.9 Å². The van der Waals surface area contributed by atoms with Crippen molar-refractivity contribution in [3.63, 3.8) is 0 Å². The summed E-state index contributed by atoms with van der Waals surface area (Å²) >= 11 is 13.2. The lowest BCUT2D eigenvalue weighted by molar-refractivity contribution is -0.869. The fourth-order valence-corrected chi connectivity index (χ4v) is 2.06. The van der Waals surface area contributed by atoms with E-state index in [1.165, 1.54) is 3.94 Å². The largest absolute Gasteiger partial charge is 0.330 e. The normalized spacial score (nSPS) is 13.5. The van der Waals surface area contributed by atoms with Gasteiger partial charge in [0.1, 0.15) is 0 Å². The van der Waals surface area contributed by atoms with Crippen LogP contribution >= 0.6 is 35.5 Å². The molecule has 3 nitrogen and oxygen atoms in total. The molecule has 0 aliphatic heterocycles. The van der Waals surface area contributed by atoms with E-state index in [1.807, 2.05) is 13.8 Å². The number of quaternary nitrogens is 1. The molecule has 0 heterocycles. The number of nitrogens with zero attached hydrogens (tertiary/aromatic N) is 2. The van der Waals surface area contributed by atoms with E-state index in [0.717, 1.165) is 29.7 Å². The highest BCUT2D eigenvalue weighted by Gasteiger charge is 2.23. The molecule has 0 amide bonds. The molecule has 0 rings (SSSR count). The van der Waals surface area contributed by atoms with Gasteiger partial charge in [-0.2, -0.15) is 0 Å². The molecule has 0 spiro atoms. The van der Waals surface area contributed by atoms with Crippen LogP contribution in [-0.4, -0.2) is 53.9 Å². The second-order valence-electron chi connectivity index (χ2n) is 5.55. The minimum absolute atomic E-state index is 0.169. The van der Waals surface area contributed by atoms with Gasteiger partial charge >= 0.3 is 0 Å². The second-order valence-corrected chi connectivity index (χ2v) is 7.39. The zero-order valence-corrected chi connectivity index (χ0v) is 13.2. The van der Waals surface area contributed by atoms with E-state index >= 15 is 0 Å². The molecular formula is C10H24Cl2N3S+. The van der Waals surface area contributed by atoms with Gasteiger partial charge in [-0.05, 0) is 43.8 Å². The Kier molecular flexibility index (Phi) is 7.66. The molecule has 0 aromatic rings. The first-order valence-corrected chi connectivity index (χ1v) is 7.08. The van der Waals surface area contributed by atoms with Crippen LogP contribution in [0.15, 0.2) is 0 Å². The van der Waals surface area contributed by atoms with E-state index in [1.54, 1.807) is 11.9 Å². The lowest BCUT2D eigenvalue weighted by atomic mass is 10.0. The van der Waals surface area contributed by atoms with E-state index in [2.05, 4.69) is 25.9 Å². The van der Waals surface area contributed by atoms with Crippen LogP contribution in [0.1, 0.15) is 20.3 Å². The van der Waals surface area contributed by atoms with Gasteiger partial charge in [0.05, 0.1) is 34.2 Å². The van der Waals surface area contributed by atoms with Crippen LogP contribution in [0.25, 0.3) is 0 Å². The number of rotatable bonds is 8. The molecule has 0 atom stereocenters. The first-order valence-electron chi connectivity index (χ1n) is 5.42. The molecule has 0 saturated heterocycles. The molecule has 0 saturated carbocycles. The van der Waals surface area contributed by atoms with Gasteiger partial charge in [-0.25, -0.2) is 0 Å². The molecule has 1 N–H and O–H groups in total. The average molecular weight is 289 g/mol. The van der Waals surface area contributed by atoms with Crippen LogP contribution in [0.5, 0.6) is 0 Å². The molecule has 0 radical (unpaired) electrons. The molecule has 0 aromatic heterocycles. The van der Waals surface area contributed by atoms with Crippen LogP contribution in [-0.2, 0) is 0 Å². The van der Waals surface area contributed by atoms with Crippen molar-refractivity contribution in [3.05, 3.63) is 0 Å². The van der Waals surface area contributed by atoms with Crippen molar-refractivity contribution in [2.24, 2.45) is 0 Å². The fraction of sp³-hybridized carbons (Fsp3) is 1.00. The molecule has 16 heavy (non-hydrogen) atoms. The summed E-state index contributed by atoms with van der Waals surface area (Å²) in [4.78, 5) is 0. The molecule has 0 aliphatic carbocycles. The van der Waals surface area contributed by atoms with Gasteiger partial charge in [-0.3, -0.25) is 4.72 Å². The lowest BCUT2D eigenvalue weighted by Gasteiger charge is -2.27. The van der Waals surface area contributed by atoms with Gasteiger partial charge in [-0.15, -0.1) is 3.94 Å². The van der Waals surface area contributed by atoms with Crippen LogP contribution in [0, 0.1) is 0 Å². The highest BCUT2D eigenvalue weighted by molar-refractivity contribution is 7.97. The number of nitrogens with one attached hydrogen (secondary N) is 1. The summed E-state index contributed by atoms with van der Waals surface area (Å²) in [5.41, 5.74) is -0.169. The Balaban J connectivity index is 3.48. The summed E-state index contributed by atoms with van der Waals surface area (Å²) in [6.07, 6.45) is 0.946. The number of hydrogen-bond donors (Lipinski definition) is 1. The van der Waals surface area contributed by atoms with Crippen molar-refractivity contribution in [1.82, 2.24) is 8.66 Å². The Labute approximate surface area is 114 Å². The Morgan fingerprint density at radius 1 is 1.25 bits per heavy atom. The summed E-state index contributed by atoms with van der Waals surface area (Å²) in [6, 6.07) is 0. The van der Waals surface area contributed by atoms with Crippen molar-refractivity contribution in [2.75, 3.05) is 40.0 Å². The summed E-state index contributed by atoms with van der Waals surface area (Å²) in [6.45, 7) is 6.19. The minimum atomic E-state index is -0.169. The van der Waals surface area contributed by atoms with Crippen LogP contribution in [0.3, 0.4) is 0 Å². The van der Waals surface area contributed by atoms with E-state index in [0.29, 0.717) is 0 Å². The predicted octanol–water partition coefficient (Wildman–Crippen LogP) is 2.71. The first-order chi connectivity index (χ1) is 7.15. The van der Waals surface area contributed by atoms with Gasteiger partial charge in [0.15, 0.2) is 0 Å². The third kappa shape index (κ3) is 8.90. The lowest BCUT2D eigenvalue weighted by Crippen LogP contribution is -2.39. The zero-order chi connectivity index (χ0) is 12.8. The highest BCUT2D eigenvalue weighted by Crippen LogP contribution is 2.24. The standard InChI is InChI=1S/C10H24Cl2N3S/c1-10(2,14(11)12)6-9-16-13-7-8-15(3,4)5/h13H,6-9H2,1-5H3/q+1. The molecule has 6 heteroatoms. The monoisotopic (exact) mass is 288 g/mol. The predicted molar refractivity (Wildman–Crippen MR) is 75.6 cm³/mol. The number of halogens is 2. The summed E-state index contributed by atoms with van der Waals surface area (Å²) in [5, 5.41) is 0. The van der Waals surface area contributed by atoms with E-state index in [4.69, 9.17) is 23.6 Å². The highest BCUT2D eigenvalue weighted by atomic mass is 35.5. The molecule has 0 unspecified atom stereocenters. The smallest absolute Gasteiger partial charge is 0.0916 e. The van der Waals surface area contributed by atoms with Crippen molar-refractivity contribution in [1.29, 1.82) is 0 Å². The summed E-state index contributed by atoms with van der Waals surface area (Å²) < 4.78 is 5.57. The van der Waals surface area contributed by atoms with E-state index in [-0.39, 0.29) is 5.54 Å². The summed E-state index contributed by atoms with van der Waals surface area (Å²) in [5.74, 6) is 1.00.